The molecule has 0 radical (unpaired) electrons. The maximum absolute atomic E-state index is 13.8. The Labute approximate surface area is 201 Å². The van der Waals surface area contributed by atoms with E-state index in [1.807, 2.05) is 53.8 Å². The van der Waals surface area contributed by atoms with E-state index in [1.54, 1.807) is 0 Å². The summed E-state index contributed by atoms with van der Waals surface area (Å²) in [7, 11) is 0. The molecule has 1 atom stereocenters. The molecule has 0 saturated carbocycles. The molecule has 0 spiro atoms. The Morgan fingerprint density at radius 2 is 1.71 bits per heavy atom. The molecule has 0 aliphatic carbocycles. The quantitative estimate of drug-likeness (QED) is 0.446. The number of benzene rings is 3. The van der Waals surface area contributed by atoms with Crippen LogP contribution in [0.15, 0.2) is 91.4 Å². The van der Waals surface area contributed by atoms with Gasteiger partial charge in [-0.25, -0.2) is 4.98 Å². The minimum absolute atomic E-state index is 0.127. The number of hydrogen-bond donors (Lipinski definition) is 1. The summed E-state index contributed by atoms with van der Waals surface area (Å²) in [5, 5.41) is 3.57. The number of aromatic nitrogens is 2. The number of nitrogens with zero attached hydrogens (tertiary/aromatic N) is 3. The van der Waals surface area contributed by atoms with E-state index in [9.17, 15) is 4.79 Å². The van der Waals surface area contributed by atoms with Crippen molar-refractivity contribution in [1.82, 2.24) is 19.8 Å². The van der Waals surface area contributed by atoms with E-state index in [-0.39, 0.29) is 11.9 Å². The van der Waals surface area contributed by atoms with Crippen molar-refractivity contribution in [3.05, 3.63) is 125 Å². The Balaban J connectivity index is 1.37. The zero-order chi connectivity index (χ0) is 23.3. The van der Waals surface area contributed by atoms with Gasteiger partial charge in [0, 0.05) is 32.4 Å². The fourth-order valence-electron chi connectivity index (χ4n) is 4.70. The summed E-state index contributed by atoms with van der Waals surface area (Å²) in [4.78, 5) is 20.2. The Morgan fingerprint density at radius 3 is 2.56 bits per heavy atom. The predicted octanol–water partition coefficient (Wildman–Crippen LogP) is 4.66. The Kier molecular flexibility index (Phi) is 6.54. The van der Waals surface area contributed by atoms with Gasteiger partial charge >= 0.3 is 0 Å². The third-order valence-corrected chi connectivity index (χ3v) is 6.68. The molecule has 2 heterocycles. The molecular formula is C29H30N4O. The van der Waals surface area contributed by atoms with Crippen molar-refractivity contribution in [3.8, 4) is 0 Å². The number of rotatable bonds is 7. The van der Waals surface area contributed by atoms with E-state index in [0.29, 0.717) is 19.6 Å². The lowest BCUT2D eigenvalue weighted by Gasteiger charge is -2.26. The number of nitrogens with one attached hydrogen (secondary N) is 1. The normalized spacial score (nSPS) is 15.7. The van der Waals surface area contributed by atoms with Gasteiger partial charge < -0.3 is 9.47 Å². The van der Waals surface area contributed by atoms with Crippen LogP contribution in [0, 0.1) is 6.92 Å². The van der Waals surface area contributed by atoms with Crippen LogP contribution in [-0.4, -0.2) is 26.9 Å². The zero-order valence-electron chi connectivity index (χ0n) is 19.5. The van der Waals surface area contributed by atoms with Crippen molar-refractivity contribution in [2.24, 2.45) is 0 Å². The minimum Gasteiger partial charge on any atom is -0.336 e. The lowest BCUT2D eigenvalue weighted by molar-refractivity contribution is -0.134. The molecule has 5 rings (SSSR count). The van der Waals surface area contributed by atoms with Crippen LogP contribution in [0.4, 0.5) is 0 Å². The maximum Gasteiger partial charge on any atom is 0.244 e. The second-order valence-electron chi connectivity index (χ2n) is 8.95. The highest BCUT2D eigenvalue weighted by Crippen LogP contribution is 2.27. The predicted molar refractivity (Wildman–Crippen MR) is 134 cm³/mol. The topological polar surface area (TPSA) is 50.2 Å². The van der Waals surface area contributed by atoms with Gasteiger partial charge in [0.25, 0.3) is 0 Å². The summed E-state index contributed by atoms with van der Waals surface area (Å²) in [6.07, 6.45) is 4.60. The second-order valence-corrected chi connectivity index (χ2v) is 8.95. The van der Waals surface area contributed by atoms with Crippen molar-refractivity contribution < 1.29 is 4.79 Å². The molecule has 0 saturated heterocycles. The number of imidazole rings is 1. The molecule has 1 unspecified atom stereocenters. The maximum atomic E-state index is 13.8. The van der Waals surface area contributed by atoms with E-state index in [1.165, 1.54) is 22.3 Å². The summed E-state index contributed by atoms with van der Waals surface area (Å²) in [5.41, 5.74) is 7.01. The summed E-state index contributed by atoms with van der Waals surface area (Å²) < 4.78 is 2.14. The molecule has 1 aromatic heterocycles. The molecule has 5 heteroatoms. The first kappa shape index (κ1) is 22.1. The highest BCUT2D eigenvalue weighted by molar-refractivity contribution is 5.84. The molecule has 4 aromatic rings. The van der Waals surface area contributed by atoms with E-state index in [4.69, 9.17) is 0 Å². The van der Waals surface area contributed by atoms with Crippen LogP contribution in [0.2, 0.25) is 0 Å². The molecule has 0 fully saturated rings. The van der Waals surface area contributed by atoms with Crippen molar-refractivity contribution in [2.45, 2.75) is 39.0 Å². The van der Waals surface area contributed by atoms with Gasteiger partial charge in [-0.05, 0) is 41.2 Å². The van der Waals surface area contributed by atoms with E-state index in [0.717, 1.165) is 24.2 Å². The largest absolute Gasteiger partial charge is 0.336 e. The molecule has 1 N–H and O–H groups in total. The fraction of sp³-hybridized carbons (Fsp3) is 0.241. The molecule has 0 bridgehead atoms. The number of fused-ring (bicyclic) bond motifs is 1. The van der Waals surface area contributed by atoms with Crippen molar-refractivity contribution in [2.75, 3.05) is 6.54 Å². The Bertz CT molecular complexity index is 1260. The van der Waals surface area contributed by atoms with Crippen LogP contribution < -0.4 is 5.32 Å². The zero-order valence-corrected chi connectivity index (χ0v) is 19.5. The monoisotopic (exact) mass is 450 g/mol. The number of hydrogen-bond acceptors (Lipinski definition) is 3. The van der Waals surface area contributed by atoms with Crippen molar-refractivity contribution >= 4 is 5.91 Å². The third kappa shape index (κ3) is 4.80. The van der Waals surface area contributed by atoms with Crippen LogP contribution in [0.25, 0.3) is 0 Å². The van der Waals surface area contributed by atoms with Gasteiger partial charge in [0.2, 0.25) is 5.91 Å². The van der Waals surface area contributed by atoms with Gasteiger partial charge in [0.05, 0.1) is 12.0 Å². The number of aryl methyl sites for hydroxylation is 1. The Morgan fingerprint density at radius 1 is 0.941 bits per heavy atom. The summed E-state index contributed by atoms with van der Waals surface area (Å²) in [6.45, 7) is 4.77. The standard InChI is InChI=1S/C29H30N4O/c1-22-9-5-6-13-25(22)20-32-16-15-24-12-7-8-14-27(24)28(29(32)34)31-18-26-17-30-21-33(26)19-23-10-3-2-4-11-23/h2-14,17,21,28,31H,15-16,18-20H2,1H3. The summed E-state index contributed by atoms with van der Waals surface area (Å²) >= 11 is 0. The smallest absolute Gasteiger partial charge is 0.244 e. The number of amides is 1. The highest BCUT2D eigenvalue weighted by Gasteiger charge is 2.30. The number of carbonyl (C=O) groups excluding carboxylic acids is 1. The minimum atomic E-state index is -0.386. The second kappa shape index (κ2) is 10.1. The third-order valence-electron chi connectivity index (χ3n) is 6.68. The molecule has 172 valence electrons. The average molecular weight is 451 g/mol. The summed E-state index contributed by atoms with van der Waals surface area (Å²) in [6, 6.07) is 26.6. The van der Waals surface area contributed by atoms with Crippen LogP contribution in [0.5, 0.6) is 0 Å². The van der Waals surface area contributed by atoms with Gasteiger partial charge in [0.1, 0.15) is 6.04 Å². The van der Waals surface area contributed by atoms with Gasteiger partial charge in [-0.3, -0.25) is 10.1 Å². The van der Waals surface area contributed by atoms with Crippen LogP contribution in [-0.2, 0) is 30.8 Å². The first-order valence-corrected chi connectivity index (χ1v) is 11.9. The first-order chi connectivity index (χ1) is 16.7. The Hall–Kier alpha value is -3.70. The molecule has 34 heavy (non-hydrogen) atoms. The van der Waals surface area contributed by atoms with Gasteiger partial charge in [-0.2, -0.15) is 0 Å². The van der Waals surface area contributed by atoms with Crippen LogP contribution in [0.3, 0.4) is 0 Å². The lowest BCUT2D eigenvalue weighted by atomic mass is 9.99. The molecular weight excluding hydrogens is 420 g/mol. The highest BCUT2D eigenvalue weighted by atomic mass is 16.2. The molecule has 1 aliphatic heterocycles. The lowest BCUT2D eigenvalue weighted by Crippen LogP contribution is -2.40. The molecule has 1 aliphatic rings. The van der Waals surface area contributed by atoms with Crippen molar-refractivity contribution in [1.29, 1.82) is 0 Å². The van der Waals surface area contributed by atoms with Gasteiger partial charge in [-0.15, -0.1) is 0 Å². The average Bonchev–Trinajstić information content (AvgIpc) is 3.25. The van der Waals surface area contributed by atoms with E-state index < -0.39 is 0 Å². The number of carbonyl (C=O) groups is 1. The fourth-order valence-corrected chi connectivity index (χ4v) is 4.70. The first-order valence-electron chi connectivity index (χ1n) is 11.9. The molecule has 1 amide bonds. The van der Waals surface area contributed by atoms with Gasteiger partial charge in [-0.1, -0.05) is 78.9 Å². The molecule has 5 nitrogen and oxygen atoms in total. The van der Waals surface area contributed by atoms with E-state index >= 15 is 0 Å². The summed E-state index contributed by atoms with van der Waals surface area (Å²) in [5.74, 6) is 0.127. The van der Waals surface area contributed by atoms with Crippen molar-refractivity contribution in [3.63, 3.8) is 0 Å². The van der Waals surface area contributed by atoms with Crippen LogP contribution in [0.1, 0.15) is 39.6 Å². The molecule has 3 aromatic carbocycles. The van der Waals surface area contributed by atoms with E-state index in [2.05, 4.69) is 64.3 Å². The van der Waals surface area contributed by atoms with Gasteiger partial charge in [0.15, 0.2) is 0 Å². The SMILES string of the molecule is Cc1ccccc1CN1CCc2ccccc2C(NCc2cncn2Cc2ccccc2)C1=O. The van der Waals surface area contributed by atoms with Crippen LogP contribution >= 0.6 is 0 Å².